The first-order chi connectivity index (χ1) is 16.7. The van der Waals surface area contributed by atoms with Gasteiger partial charge in [0.25, 0.3) is 0 Å². The first-order valence-corrected chi connectivity index (χ1v) is 12.4. The van der Waals surface area contributed by atoms with Crippen LogP contribution >= 0.6 is 23.2 Å². The molecule has 4 atom stereocenters. The monoisotopic (exact) mass is 516 g/mol. The molecule has 2 N–H and O–H groups in total. The molecule has 7 nitrogen and oxygen atoms in total. The van der Waals surface area contributed by atoms with Crippen LogP contribution in [0.4, 0.5) is 10.5 Å². The van der Waals surface area contributed by atoms with Crippen molar-refractivity contribution in [3.63, 3.8) is 0 Å². The maximum atomic E-state index is 12.1. The highest BCUT2D eigenvalue weighted by molar-refractivity contribution is 6.37. The van der Waals surface area contributed by atoms with Crippen LogP contribution in [0.2, 0.25) is 10.0 Å². The molecule has 9 heteroatoms. The number of fused-ring (bicyclic) bond motifs is 2. The number of rotatable bonds is 5. The first-order valence-electron chi connectivity index (χ1n) is 11.7. The molecule has 3 heterocycles. The van der Waals surface area contributed by atoms with Crippen molar-refractivity contribution >= 4 is 46.5 Å². The molecule has 3 aliphatic heterocycles. The fourth-order valence-corrected chi connectivity index (χ4v) is 6.31. The van der Waals surface area contributed by atoms with E-state index < -0.39 is 24.0 Å². The number of aryl methyl sites for hydroxylation is 1. The molecule has 2 bridgehead atoms. The van der Waals surface area contributed by atoms with Crippen LogP contribution in [-0.4, -0.2) is 58.5 Å². The van der Waals surface area contributed by atoms with Crippen LogP contribution in [0, 0.1) is 12.8 Å². The van der Waals surface area contributed by atoms with E-state index in [9.17, 15) is 19.8 Å². The second-order valence-electron chi connectivity index (χ2n) is 9.42. The maximum Gasteiger partial charge on any atom is 0.408 e. The van der Waals surface area contributed by atoms with E-state index in [-0.39, 0.29) is 12.1 Å². The minimum Gasteiger partial charge on any atom is -0.485 e. The molecule has 1 amide bonds. The van der Waals surface area contributed by atoms with Gasteiger partial charge in [0.15, 0.2) is 5.75 Å². The minimum atomic E-state index is -1.06. The standard InChI is InChI=1S/C26H26Cl2N2O5/c1-14-10-20(27)24(21(28)11-14)35-18-8-9-29(13-18)16-4-2-15(3-5-16)19-12-17-6-7-22(23(19)25(31)32)30(17)26(33)34/h2-5,10-12,17-18,22-23H,6-9,13H2,1H3,(H,31,32)(H,33,34)/t17-,18+,22+,23?/m0/s1. The summed E-state index contributed by atoms with van der Waals surface area (Å²) in [6.07, 6.45) is 2.72. The molecule has 2 aromatic rings. The summed E-state index contributed by atoms with van der Waals surface area (Å²) in [4.78, 5) is 27.3. The number of carboxylic acids is 1. The molecule has 2 fully saturated rings. The number of benzene rings is 2. The number of aliphatic carboxylic acids is 1. The topological polar surface area (TPSA) is 90.3 Å². The van der Waals surface area contributed by atoms with Gasteiger partial charge in [0.2, 0.25) is 0 Å². The minimum absolute atomic E-state index is 0.0533. The lowest BCUT2D eigenvalue weighted by atomic mass is 9.84. The Morgan fingerprint density at radius 2 is 1.71 bits per heavy atom. The van der Waals surface area contributed by atoms with E-state index in [1.807, 2.05) is 49.4 Å². The second-order valence-corrected chi connectivity index (χ2v) is 10.2. The molecule has 3 aliphatic rings. The Hall–Kier alpha value is -2.90. The Bertz CT molecular complexity index is 1180. The SMILES string of the molecule is Cc1cc(Cl)c(O[C@@H]2CCN(c3ccc(C4=C[C@@H]5CC[C@H](C4C(=O)O)N5C(=O)O)cc3)C2)c(Cl)c1. The van der Waals surface area contributed by atoms with Crippen LogP contribution in [0.25, 0.3) is 5.57 Å². The van der Waals surface area contributed by atoms with Gasteiger partial charge in [0, 0.05) is 18.7 Å². The molecule has 0 saturated carbocycles. The van der Waals surface area contributed by atoms with Crippen molar-refractivity contribution in [3.8, 4) is 5.75 Å². The van der Waals surface area contributed by atoms with Crippen LogP contribution < -0.4 is 9.64 Å². The fraction of sp³-hybridized carbons (Fsp3) is 0.385. The van der Waals surface area contributed by atoms with Crippen molar-refractivity contribution in [1.29, 1.82) is 0 Å². The quantitative estimate of drug-likeness (QED) is 0.539. The molecule has 1 unspecified atom stereocenters. The summed E-state index contributed by atoms with van der Waals surface area (Å²) in [5.41, 5.74) is 3.50. The van der Waals surface area contributed by atoms with Gasteiger partial charge in [-0.15, -0.1) is 0 Å². The third-order valence-electron chi connectivity index (χ3n) is 7.19. The molecule has 0 aliphatic carbocycles. The zero-order chi connectivity index (χ0) is 24.9. The Morgan fingerprint density at radius 1 is 1.03 bits per heavy atom. The predicted molar refractivity (Wildman–Crippen MR) is 135 cm³/mol. The molecule has 0 aromatic heterocycles. The number of hydrogen-bond donors (Lipinski definition) is 2. The summed E-state index contributed by atoms with van der Waals surface area (Å²) in [5.74, 6) is -1.36. The van der Waals surface area contributed by atoms with E-state index in [0.29, 0.717) is 40.8 Å². The van der Waals surface area contributed by atoms with Crippen molar-refractivity contribution < 1.29 is 24.5 Å². The summed E-state index contributed by atoms with van der Waals surface area (Å²) >= 11 is 12.7. The van der Waals surface area contributed by atoms with Crippen molar-refractivity contribution in [2.45, 2.75) is 44.4 Å². The molecular weight excluding hydrogens is 491 g/mol. The van der Waals surface area contributed by atoms with Crippen LogP contribution in [0.5, 0.6) is 5.75 Å². The van der Waals surface area contributed by atoms with E-state index in [0.717, 1.165) is 29.8 Å². The van der Waals surface area contributed by atoms with Gasteiger partial charge in [-0.2, -0.15) is 0 Å². The van der Waals surface area contributed by atoms with Gasteiger partial charge in [0.1, 0.15) is 12.0 Å². The van der Waals surface area contributed by atoms with E-state index in [4.69, 9.17) is 27.9 Å². The largest absolute Gasteiger partial charge is 0.485 e. The summed E-state index contributed by atoms with van der Waals surface area (Å²) in [6, 6.07) is 10.7. The summed E-state index contributed by atoms with van der Waals surface area (Å²) < 4.78 is 6.13. The lowest BCUT2D eigenvalue weighted by molar-refractivity contribution is -0.141. The lowest BCUT2D eigenvalue weighted by Gasteiger charge is -2.36. The Labute approximate surface area is 213 Å². The molecule has 0 spiro atoms. The Morgan fingerprint density at radius 3 is 2.34 bits per heavy atom. The van der Waals surface area contributed by atoms with E-state index in [2.05, 4.69) is 4.90 Å². The van der Waals surface area contributed by atoms with Crippen molar-refractivity contribution in [1.82, 2.24) is 4.90 Å². The van der Waals surface area contributed by atoms with E-state index in [1.54, 1.807) is 0 Å². The van der Waals surface area contributed by atoms with E-state index in [1.165, 1.54) is 4.90 Å². The second kappa shape index (κ2) is 9.28. The highest BCUT2D eigenvalue weighted by Crippen LogP contribution is 2.43. The molecule has 35 heavy (non-hydrogen) atoms. The third kappa shape index (κ3) is 4.43. The van der Waals surface area contributed by atoms with Gasteiger partial charge in [-0.25, -0.2) is 4.79 Å². The number of nitrogens with zero attached hydrogens (tertiary/aromatic N) is 2. The number of carboxylic acid groups (broad SMARTS) is 2. The fourth-order valence-electron chi connectivity index (χ4n) is 5.62. The number of halogens is 2. The number of carbonyl (C=O) groups is 2. The Balaban J connectivity index is 1.31. The van der Waals surface area contributed by atoms with Crippen molar-refractivity contribution in [3.05, 3.63) is 63.6 Å². The smallest absolute Gasteiger partial charge is 0.408 e. The van der Waals surface area contributed by atoms with Crippen LogP contribution in [0.1, 0.15) is 30.4 Å². The summed E-state index contributed by atoms with van der Waals surface area (Å²) in [7, 11) is 0. The van der Waals surface area contributed by atoms with Crippen molar-refractivity contribution in [2.24, 2.45) is 5.92 Å². The molecular formula is C26H26Cl2N2O5. The molecule has 2 aromatic carbocycles. The maximum absolute atomic E-state index is 12.1. The average Bonchev–Trinajstić information content (AvgIpc) is 3.39. The van der Waals surface area contributed by atoms with E-state index >= 15 is 0 Å². The molecule has 5 rings (SSSR count). The average molecular weight is 517 g/mol. The van der Waals surface area contributed by atoms with Crippen molar-refractivity contribution in [2.75, 3.05) is 18.0 Å². The zero-order valence-corrected chi connectivity index (χ0v) is 20.7. The van der Waals surface area contributed by atoms with Gasteiger partial charge >= 0.3 is 12.1 Å². The van der Waals surface area contributed by atoms with Crippen LogP contribution in [0.15, 0.2) is 42.5 Å². The number of ether oxygens (including phenoxy) is 1. The normalized spacial score (nSPS) is 25.5. The van der Waals surface area contributed by atoms with Crippen LogP contribution in [0.3, 0.4) is 0 Å². The number of amides is 1. The van der Waals surface area contributed by atoms with Gasteiger partial charge in [0.05, 0.1) is 28.7 Å². The first kappa shape index (κ1) is 23.8. The highest BCUT2D eigenvalue weighted by Gasteiger charge is 2.48. The zero-order valence-electron chi connectivity index (χ0n) is 19.2. The summed E-state index contributed by atoms with van der Waals surface area (Å²) in [6.45, 7) is 3.42. The number of anilines is 1. The highest BCUT2D eigenvalue weighted by atomic mass is 35.5. The lowest BCUT2D eigenvalue weighted by Crippen LogP contribution is -2.48. The molecule has 184 valence electrons. The third-order valence-corrected chi connectivity index (χ3v) is 7.75. The molecule has 0 radical (unpaired) electrons. The molecule has 2 saturated heterocycles. The number of hydrogen-bond acceptors (Lipinski definition) is 4. The van der Waals surface area contributed by atoms with Crippen LogP contribution in [-0.2, 0) is 4.79 Å². The Kier molecular flexibility index (Phi) is 6.32. The van der Waals surface area contributed by atoms with Gasteiger partial charge in [-0.3, -0.25) is 9.69 Å². The van der Waals surface area contributed by atoms with Gasteiger partial charge in [-0.1, -0.05) is 41.4 Å². The van der Waals surface area contributed by atoms with Gasteiger partial charge < -0.3 is 19.8 Å². The predicted octanol–water partition coefficient (Wildman–Crippen LogP) is 5.57. The van der Waals surface area contributed by atoms with Gasteiger partial charge in [-0.05, 0) is 60.7 Å². The summed E-state index contributed by atoms with van der Waals surface area (Å²) in [5, 5.41) is 20.5.